The van der Waals surface area contributed by atoms with Crippen LogP contribution in [0.4, 0.5) is 0 Å². The minimum atomic E-state index is 0.265. The molecule has 0 bridgehead atoms. The summed E-state index contributed by atoms with van der Waals surface area (Å²) in [5.74, 6) is 0.332. The summed E-state index contributed by atoms with van der Waals surface area (Å²) in [7, 11) is 0. The highest BCUT2D eigenvalue weighted by Crippen LogP contribution is 2.45. The number of fused-ring (bicyclic) bond motifs is 15. The number of hydrogen-bond acceptors (Lipinski definition) is 0. The fraction of sp³-hybridized carbons (Fsp3) is 0.125. The van der Waals surface area contributed by atoms with Crippen molar-refractivity contribution in [3.63, 3.8) is 0 Å². The molecule has 242 valence electrons. The Morgan fingerprint density at radius 3 is 2.25 bits per heavy atom. The van der Waals surface area contributed by atoms with Crippen molar-refractivity contribution in [3.8, 4) is 33.6 Å². The number of rotatable bonds is 1. The molecule has 2 unspecified atom stereocenters. The van der Waals surface area contributed by atoms with Crippen LogP contribution in [-0.2, 0) is 6.42 Å². The van der Waals surface area contributed by atoms with Crippen LogP contribution in [0, 0.1) is 13.8 Å². The first-order valence-corrected chi connectivity index (χ1v) is 18.2. The molecule has 5 aromatic carbocycles. The molecule has 6 heterocycles. The van der Waals surface area contributed by atoms with Crippen LogP contribution in [0.2, 0.25) is 0 Å². The fourth-order valence-electron chi connectivity index (χ4n) is 9.59. The third kappa shape index (κ3) is 4.06. The van der Waals surface area contributed by atoms with Crippen molar-refractivity contribution in [2.75, 3.05) is 0 Å². The van der Waals surface area contributed by atoms with Crippen LogP contribution in [-0.4, -0.2) is 4.40 Å². The summed E-state index contributed by atoms with van der Waals surface area (Å²) in [6.07, 6.45) is 11.3. The molecule has 2 atom stereocenters. The molecule has 0 saturated carbocycles. The Morgan fingerprint density at radius 2 is 1.35 bits per heavy atom. The Labute approximate surface area is 297 Å². The second-order valence-electron chi connectivity index (χ2n) is 14.6. The third-order valence-corrected chi connectivity index (χ3v) is 11.9. The molecule has 2 aliphatic heterocycles. The minimum Gasteiger partial charge on any atom is -0.308 e. The zero-order valence-corrected chi connectivity index (χ0v) is 28.8. The SMILES string of the molecule is Cc1ccccc1-c1c[n+]2c(cc1C)-c1cc3c4cccc5c6ccccc6n(c3cc1CC1C(C/C=C/2)c2ccccc2-c2cccc[n+]21)c54. The first-order chi connectivity index (χ1) is 25.1. The zero-order chi connectivity index (χ0) is 33.8. The molecule has 0 saturated heterocycles. The quantitative estimate of drug-likeness (QED) is 0.156. The number of nitrogens with zero attached hydrogens (tertiary/aromatic N) is 3. The highest BCUT2D eigenvalue weighted by atomic mass is 15.0. The van der Waals surface area contributed by atoms with E-state index >= 15 is 0 Å². The van der Waals surface area contributed by atoms with Crippen molar-refractivity contribution in [2.45, 2.75) is 38.6 Å². The molecule has 0 aliphatic carbocycles. The highest BCUT2D eigenvalue weighted by molar-refractivity contribution is 6.23. The number of aryl methyl sites for hydroxylation is 2. The van der Waals surface area contributed by atoms with Gasteiger partial charge in [-0.15, -0.1) is 0 Å². The lowest BCUT2D eigenvalue weighted by molar-refractivity contribution is -0.718. The predicted molar refractivity (Wildman–Crippen MR) is 209 cm³/mol. The maximum absolute atomic E-state index is 2.57. The van der Waals surface area contributed by atoms with Crippen LogP contribution in [0.1, 0.15) is 40.6 Å². The van der Waals surface area contributed by atoms with E-state index in [-0.39, 0.29) is 6.04 Å². The van der Waals surface area contributed by atoms with Crippen molar-refractivity contribution < 1.29 is 9.13 Å². The van der Waals surface area contributed by atoms with Crippen LogP contribution >= 0.6 is 0 Å². The van der Waals surface area contributed by atoms with E-state index in [4.69, 9.17) is 0 Å². The smallest absolute Gasteiger partial charge is 0.218 e. The maximum Gasteiger partial charge on any atom is 0.218 e. The van der Waals surface area contributed by atoms with Gasteiger partial charge >= 0.3 is 0 Å². The van der Waals surface area contributed by atoms with Crippen molar-refractivity contribution in [1.29, 1.82) is 0 Å². The van der Waals surface area contributed by atoms with Crippen molar-refractivity contribution in [1.82, 2.24) is 4.40 Å². The second kappa shape index (κ2) is 10.7. The van der Waals surface area contributed by atoms with Gasteiger partial charge in [-0.1, -0.05) is 78.9 Å². The summed E-state index contributed by atoms with van der Waals surface area (Å²) >= 11 is 0. The van der Waals surface area contributed by atoms with Gasteiger partial charge in [-0.25, -0.2) is 0 Å². The van der Waals surface area contributed by atoms with E-state index < -0.39 is 0 Å². The summed E-state index contributed by atoms with van der Waals surface area (Å²) in [5, 5.41) is 5.27. The van der Waals surface area contributed by atoms with E-state index in [1.807, 2.05) is 0 Å². The molecule has 11 rings (SSSR count). The number of pyridine rings is 2. The lowest BCUT2D eigenvalue weighted by Crippen LogP contribution is -2.48. The topological polar surface area (TPSA) is 12.2 Å². The van der Waals surface area contributed by atoms with Crippen LogP contribution in [0.15, 0.2) is 146 Å². The summed E-state index contributed by atoms with van der Waals surface area (Å²) in [4.78, 5) is 0. The second-order valence-corrected chi connectivity index (χ2v) is 14.6. The molecular formula is C48H37N3+2. The monoisotopic (exact) mass is 655 g/mol. The third-order valence-electron chi connectivity index (χ3n) is 11.9. The van der Waals surface area contributed by atoms with Crippen LogP contribution in [0.5, 0.6) is 0 Å². The van der Waals surface area contributed by atoms with Crippen molar-refractivity contribution in [2.24, 2.45) is 0 Å². The molecule has 3 nitrogen and oxygen atoms in total. The molecule has 9 aromatic rings. The molecule has 0 amide bonds. The normalized spacial score (nSPS) is 17.2. The molecule has 2 aliphatic rings. The average Bonchev–Trinajstić information content (AvgIpc) is 3.68. The van der Waals surface area contributed by atoms with E-state index in [1.54, 1.807) is 0 Å². The Balaban J connectivity index is 1.24. The van der Waals surface area contributed by atoms with E-state index in [2.05, 4.69) is 179 Å². The zero-order valence-electron chi connectivity index (χ0n) is 28.8. The van der Waals surface area contributed by atoms with Crippen molar-refractivity contribution >= 4 is 44.3 Å². The Bertz CT molecular complexity index is 2910. The van der Waals surface area contributed by atoms with Gasteiger partial charge in [0.2, 0.25) is 11.4 Å². The molecular weight excluding hydrogens is 619 g/mol. The number of allylic oxidation sites excluding steroid dienone is 1. The summed E-state index contributed by atoms with van der Waals surface area (Å²) in [6, 6.07) is 48.0. The maximum atomic E-state index is 2.57. The fourth-order valence-corrected chi connectivity index (χ4v) is 9.59. The van der Waals surface area contributed by atoms with Gasteiger partial charge in [0.15, 0.2) is 24.6 Å². The molecule has 0 radical (unpaired) electrons. The Kier molecular flexibility index (Phi) is 6.04. The van der Waals surface area contributed by atoms with Crippen molar-refractivity contribution in [3.05, 3.63) is 168 Å². The molecule has 4 aromatic heterocycles. The van der Waals surface area contributed by atoms with Gasteiger partial charge in [0.05, 0.1) is 28.0 Å². The summed E-state index contributed by atoms with van der Waals surface area (Å²) in [6.45, 7) is 4.49. The van der Waals surface area contributed by atoms with E-state index in [0.717, 1.165) is 12.8 Å². The average molecular weight is 656 g/mol. The molecule has 0 spiro atoms. The van der Waals surface area contributed by atoms with E-state index in [0.29, 0.717) is 5.92 Å². The number of hydrogen-bond donors (Lipinski definition) is 0. The molecule has 3 heteroatoms. The summed E-state index contributed by atoms with van der Waals surface area (Å²) in [5.41, 5.74) is 17.1. The predicted octanol–water partition coefficient (Wildman–Crippen LogP) is 10.8. The Morgan fingerprint density at radius 1 is 0.588 bits per heavy atom. The van der Waals surface area contributed by atoms with Gasteiger partial charge in [0, 0.05) is 57.3 Å². The minimum absolute atomic E-state index is 0.265. The van der Waals surface area contributed by atoms with Gasteiger partial charge in [0.25, 0.3) is 0 Å². The highest BCUT2D eigenvalue weighted by Gasteiger charge is 2.40. The van der Waals surface area contributed by atoms with Crippen LogP contribution in [0.3, 0.4) is 0 Å². The van der Waals surface area contributed by atoms with Crippen LogP contribution in [0.25, 0.3) is 77.9 Å². The van der Waals surface area contributed by atoms with E-state index in [9.17, 15) is 0 Å². The van der Waals surface area contributed by atoms with E-state index in [1.165, 1.54) is 94.0 Å². The van der Waals surface area contributed by atoms with Crippen LogP contribution < -0.4 is 9.13 Å². The first-order valence-electron chi connectivity index (χ1n) is 18.2. The number of para-hydroxylation sites is 2. The molecule has 0 N–H and O–H groups in total. The lowest BCUT2D eigenvalue weighted by atomic mass is 9.78. The number of aromatic nitrogens is 3. The molecule has 0 fully saturated rings. The number of benzene rings is 5. The van der Waals surface area contributed by atoms with Gasteiger partial charge in [0.1, 0.15) is 0 Å². The molecule has 51 heavy (non-hydrogen) atoms. The first kappa shape index (κ1) is 28.7. The van der Waals surface area contributed by atoms with Gasteiger partial charge < -0.3 is 4.40 Å². The Hall–Kier alpha value is -6.06. The van der Waals surface area contributed by atoms with Gasteiger partial charge in [-0.05, 0) is 84.5 Å². The summed E-state index contributed by atoms with van der Waals surface area (Å²) < 4.78 is 7.50. The van der Waals surface area contributed by atoms with Gasteiger partial charge in [-0.2, -0.15) is 9.13 Å². The van der Waals surface area contributed by atoms with Gasteiger partial charge in [-0.3, -0.25) is 0 Å². The largest absolute Gasteiger partial charge is 0.308 e. The lowest BCUT2D eigenvalue weighted by Gasteiger charge is -2.30. The standard InChI is InChI=1S/C48H37N3/c1-30-13-3-4-14-33(30)42-29-49-23-12-20-36-34-15-5-6-16-35(34)43-21-9-10-24-50(43)46(36)26-32-27-47-41(28-40(32)45(49)25-31(42)2)39-19-11-18-38-37-17-7-8-22-44(37)51(47)48(38)39/h3-19,21-25,27-29,36,46H,20,26H2,1-2H3/q+2/b23-12+.